The van der Waals surface area contributed by atoms with Gasteiger partial charge in [0, 0.05) is 43.7 Å². The molecule has 3 heterocycles. The summed E-state index contributed by atoms with van der Waals surface area (Å²) in [6.45, 7) is 1.97. The fourth-order valence-electron chi connectivity index (χ4n) is 4.90. The van der Waals surface area contributed by atoms with Gasteiger partial charge in [-0.2, -0.15) is 4.98 Å². The van der Waals surface area contributed by atoms with Gasteiger partial charge < -0.3 is 24.0 Å². The Labute approximate surface area is 216 Å². The second kappa shape index (κ2) is 10.2. The first kappa shape index (κ1) is 26.0. The fourth-order valence-corrected chi connectivity index (χ4v) is 4.90. The Morgan fingerprint density at radius 2 is 1.71 bits per heavy atom. The maximum Gasteiger partial charge on any atom is 0.573 e. The summed E-state index contributed by atoms with van der Waals surface area (Å²) in [5.74, 6) is -0.679. The van der Waals surface area contributed by atoms with Crippen molar-refractivity contribution in [1.82, 2.24) is 24.8 Å². The molecule has 0 spiro atoms. The number of nitrogens with zero attached hydrogens (tertiary/aromatic N) is 5. The first-order valence-electron chi connectivity index (χ1n) is 12.2. The maximum atomic E-state index is 13.7. The van der Waals surface area contributed by atoms with Crippen LogP contribution in [0.25, 0.3) is 11.4 Å². The molecule has 0 aliphatic carbocycles. The van der Waals surface area contributed by atoms with Gasteiger partial charge in [-0.05, 0) is 50.3 Å². The highest BCUT2D eigenvalue weighted by Gasteiger charge is 2.40. The number of carbonyl (C=O) groups is 1. The van der Waals surface area contributed by atoms with Crippen LogP contribution in [-0.4, -0.2) is 83.6 Å². The largest absolute Gasteiger partial charge is 0.573 e. The molecule has 0 radical (unpaired) electrons. The zero-order chi connectivity index (χ0) is 27.0. The van der Waals surface area contributed by atoms with E-state index in [0.29, 0.717) is 50.1 Å². The zero-order valence-electron chi connectivity index (χ0n) is 20.9. The van der Waals surface area contributed by atoms with Crippen molar-refractivity contribution in [3.8, 4) is 17.1 Å². The third-order valence-corrected chi connectivity index (χ3v) is 7.04. The number of ether oxygens (including phenoxy) is 1. The molecule has 0 bridgehead atoms. The molecule has 2 unspecified atom stereocenters. The van der Waals surface area contributed by atoms with Crippen molar-refractivity contribution in [2.45, 2.75) is 30.7 Å². The number of hydrogen-bond donors (Lipinski definition) is 0. The van der Waals surface area contributed by atoms with E-state index in [1.807, 2.05) is 14.1 Å². The lowest BCUT2D eigenvalue weighted by molar-refractivity contribution is -0.274. The van der Waals surface area contributed by atoms with Crippen LogP contribution >= 0.6 is 0 Å². The summed E-state index contributed by atoms with van der Waals surface area (Å²) in [5, 5.41) is 4.01. The van der Waals surface area contributed by atoms with Crippen molar-refractivity contribution >= 4 is 6.03 Å². The van der Waals surface area contributed by atoms with Crippen LogP contribution in [0.2, 0.25) is 0 Å². The van der Waals surface area contributed by atoms with E-state index >= 15 is 0 Å². The molecule has 0 N–H and O–H groups in total. The number of likely N-dealkylation sites (N-methyl/N-ethyl adjacent to an activating group) is 1. The quantitative estimate of drug-likeness (QED) is 0.442. The molecule has 202 valence electrons. The Morgan fingerprint density at radius 1 is 1.03 bits per heavy atom. The first-order chi connectivity index (χ1) is 18.1. The van der Waals surface area contributed by atoms with Crippen LogP contribution in [0.15, 0.2) is 53.1 Å². The molecule has 2 fully saturated rings. The summed E-state index contributed by atoms with van der Waals surface area (Å²) < 4.78 is 61.0. The number of aromatic nitrogens is 2. The van der Waals surface area contributed by atoms with Crippen molar-refractivity contribution in [3.63, 3.8) is 0 Å². The number of benzene rings is 2. The van der Waals surface area contributed by atoms with Gasteiger partial charge in [0.1, 0.15) is 11.6 Å². The number of amides is 2. The molecule has 2 aliphatic heterocycles. The van der Waals surface area contributed by atoms with E-state index in [0.717, 1.165) is 5.56 Å². The van der Waals surface area contributed by atoms with Crippen molar-refractivity contribution in [1.29, 1.82) is 0 Å². The second-order valence-corrected chi connectivity index (χ2v) is 9.92. The molecule has 8 nitrogen and oxygen atoms in total. The minimum absolute atomic E-state index is 0.111. The number of carbonyl (C=O) groups excluding carboxylic acids is 1. The Bertz CT molecular complexity index is 1270. The van der Waals surface area contributed by atoms with Crippen LogP contribution in [0.1, 0.15) is 29.7 Å². The standard InChI is InChI=1S/C26H27F4N5O3/c1-33(2)21-14-35(15-21)25(36)34-12-18(16-6-8-22(9-7-16)37-26(28,29)30)10-19(13-34)24-31-23(32-38-24)17-4-3-5-20(27)11-17/h3-9,11,18-19,21H,10,12-15H2,1-2H3. The smallest absolute Gasteiger partial charge is 0.406 e. The van der Waals surface area contributed by atoms with Crippen LogP contribution in [-0.2, 0) is 0 Å². The van der Waals surface area contributed by atoms with E-state index in [2.05, 4.69) is 19.8 Å². The van der Waals surface area contributed by atoms with Gasteiger partial charge in [0.2, 0.25) is 11.7 Å². The summed E-state index contributed by atoms with van der Waals surface area (Å²) in [5.41, 5.74) is 1.23. The first-order valence-corrected chi connectivity index (χ1v) is 12.2. The molecule has 38 heavy (non-hydrogen) atoms. The van der Waals surface area contributed by atoms with Crippen molar-refractivity contribution in [2.75, 3.05) is 40.3 Å². The molecule has 1 aromatic heterocycles. The maximum absolute atomic E-state index is 13.7. The van der Waals surface area contributed by atoms with E-state index < -0.39 is 12.2 Å². The van der Waals surface area contributed by atoms with Gasteiger partial charge in [0.15, 0.2) is 0 Å². The normalized spacial score (nSPS) is 20.5. The lowest BCUT2D eigenvalue weighted by atomic mass is 9.84. The monoisotopic (exact) mass is 533 g/mol. The average Bonchev–Trinajstić information content (AvgIpc) is 3.33. The zero-order valence-corrected chi connectivity index (χ0v) is 20.9. The van der Waals surface area contributed by atoms with E-state index in [-0.39, 0.29) is 29.4 Å². The molecule has 12 heteroatoms. The molecule has 5 rings (SSSR count). The van der Waals surface area contributed by atoms with E-state index in [9.17, 15) is 22.4 Å². The summed E-state index contributed by atoms with van der Waals surface area (Å²) in [6.07, 6.45) is -4.24. The highest BCUT2D eigenvalue weighted by atomic mass is 19.4. The molecule has 0 saturated carbocycles. The minimum atomic E-state index is -4.78. The lowest BCUT2D eigenvalue weighted by Crippen LogP contribution is -2.63. The second-order valence-electron chi connectivity index (χ2n) is 9.92. The third kappa shape index (κ3) is 5.74. The number of alkyl halides is 3. The van der Waals surface area contributed by atoms with Gasteiger partial charge in [0.05, 0.1) is 5.92 Å². The number of likely N-dealkylation sites (tertiary alicyclic amines) is 2. The number of rotatable bonds is 5. The lowest BCUT2D eigenvalue weighted by Gasteiger charge is -2.46. The molecular weight excluding hydrogens is 506 g/mol. The fraction of sp³-hybridized carbons (Fsp3) is 0.423. The Hall–Kier alpha value is -3.67. The van der Waals surface area contributed by atoms with Crippen molar-refractivity contribution < 1.29 is 31.6 Å². The highest BCUT2D eigenvalue weighted by molar-refractivity contribution is 5.76. The Kier molecular flexibility index (Phi) is 6.99. The minimum Gasteiger partial charge on any atom is -0.406 e. The summed E-state index contributed by atoms with van der Waals surface area (Å²) in [6, 6.07) is 11.7. The van der Waals surface area contributed by atoms with Crippen LogP contribution in [0.5, 0.6) is 5.75 Å². The van der Waals surface area contributed by atoms with Crippen LogP contribution in [0.4, 0.5) is 22.4 Å². The molecule has 2 aliphatic rings. The molecule has 2 aromatic carbocycles. The number of piperidine rings is 1. The Morgan fingerprint density at radius 3 is 2.37 bits per heavy atom. The van der Waals surface area contributed by atoms with Gasteiger partial charge in [0.25, 0.3) is 0 Å². The SMILES string of the molecule is CN(C)C1CN(C(=O)N2CC(c3ccc(OC(F)(F)F)cc3)CC(c3nc(-c4cccc(F)c4)no3)C2)C1. The third-order valence-electron chi connectivity index (χ3n) is 7.04. The molecule has 2 amide bonds. The Balaban J connectivity index is 1.38. The van der Waals surface area contributed by atoms with Gasteiger partial charge in [-0.25, -0.2) is 9.18 Å². The van der Waals surface area contributed by atoms with Gasteiger partial charge in [-0.1, -0.05) is 29.4 Å². The summed E-state index contributed by atoms with van der Waals surface area (Å²) >= 11 is 0. The van der Waals surface area contributed by atoms with Crippen molar-refractivity contribution in [3.05, 3.63) is 65.8 Å². The van der Waals surface area contributed by atoms with Crippen molar-refractivity contribution in [2.24, 2.45) is 0 Å². The summed E-state index contributed by atoms with van der Waals surface area (Å²) in [4.78, 5) is 23.4. The van der Waals surface area contributed by atoms with E-state index in [1.165, 1.54) is 24.3 Å². The van der Waals surface area contributed by atoms with Gasteiger partial charge in [-0.3, -0.25) is 0 Å². The van der Waals surface area contributed by atoms with E-state index in [4.69, 9.17) is 4.52 Å². The molecule has 3 aromatic rings. The van der Waals surface area contributed by atoms with Gasteiger partial charge in [-0.15, -0.1) is 13.2 Å². The predicted molar refractivity (Wildman–Crippen MR) is 129 cm³/mol. The molecular formula is C26H27F4N5O3. The average molecular weight is 534 g/mol. The van der Waals surface area contributed by atoms with E-state index in [1.54, 1.807) is 34.1 Å². The number of urea groups is 1. The number of hydrogen-bond acceptors (Lipinski definition) is 6. The van der Waals surface area contributed by atoms with Crippen LogP contribution < -0.4 is 4.74 Å². The van der Waals surface area contributed by atoms with Crippen LogP contribution in [0, 0.1) is 5.82 Å². The highest BCUT2D eigenvalue weighted by Crippen LogP contribution is 2.37. The topological polar surface area (TPSA) is 74.9 Å². The molecule has 2 atom stereocenters. The number of halogens is 4. The predicted octanol–water partition coefficient (Wildman–Crippen LogP) is 4.71. The van der Waals surface area contributed by atoms with Gasteiger partial charge >= 0.3 is 12.4 Å². The van der Waals surface area contributed by atoms with Crippen LogP contribution in [0.3, 0.4) is 0 Å². The summed E-state index contributed by atoms with van der Waals surface area (Å²) in [7, 11) is 3.94. The molecule has 2 saturated heterocycles.